The summed E-state index contributed by atoms with van der Waals surface area (Å²) in [5.74, 6) is 1.11. The van der Waals surface area contributed by atoms with Crippen molar-refractivity contribution in [2.75, 3.05) is 19.6 Å². The Hall–Kier alpha value is -0.450. The smallest absolute Gasteiger partial charge is 0.0965 e. The van der Waals surface area contributed by atoms with E-state index in [4.69, 9.17) is 5.73 Å². The molecule has 0 saturated heterocycles. The van der Waals surface area contributed by atoms with Crippen LogP contribution in [0.2, 0.25) is 0 Å². The van der Waals surface area contributed by atoms with Crippen LogP contribution in [0.4, 0.5) is 0 Å². The topological polar surface area (TPSA) is 50.9 Å². The zero-order chi connectivity index (χ0) is 11.1. The predicted molar refractivity (Wildman–Crippen MR) is 66.2 cm³/mol. The molecule has 0 saturated carbocycles. The van der Waals surface area contributed by atoms with Crippen LogP contribution < -0.4 is 11.1 Å². The molecule has 0 aliphatic heterocycles. The van der Waals surface area contributed by atoms with Gasteiger partial charge in [-0.2, -0.15) is 0 Å². The lowest BCUT2D eigenvalue weighted by molar-refractivity contribution is 0.462. The van der Waals surface area contributed by atoms with Gasteiger partial charge in [0.1, 0.15) is 0 Å². The minimum Gasteiger partial charge on any atom is -0.330 e. The van der Waals surface area contributed by atoms with Gasteiger partial charge in [0.25, 0.3) is 0 Å². The van der Waals surface area contributed by atoms with Crippen LogP contribution in [0.1, 0.15) is 31.2 Å². The maximum Gasteiger partial charge on any atom is 0.0965 e. The van der Waals surface area contributed by atoms with Gasteiger partial charge in [-0.3, -0.25) is 0 Å². The lowest BCUT2D eigenvalue weighted by Crippen LogP contribution is -2.30. The van der Waals surface area contributed by atoms with Crippen LogP contribution in [0.5, 0.6) is 0 Å². The fraction of sp³-hybridized carbons (Fsp3) is 0.727. The van der Waals surface area contributed by atoms with Crippen molar-refractivity contribution in [3.8, 4) is 0 Å². The molecular weight excluding hydrogens is 206 g/mol. The van der Waals surface area contributed by atoms with Crippen LogP contribution in [-0.4, -0.2) is 24.6 Å². The van der Waals surface area contributed by atoms with E-state index >= 15 is 0 Å². The molecule has 86 valence electrons. The van der Waals surface area contributed by atoms with Gasteiger partial charge in [-0.05, 0) is 19.0 Å². The number of thiazole rings is 1. The van der Waals surface area contributed by atoms with Crippen molar-refractivity contribution in [1.82, 2.24) is 10.3 Å². The second-order valence-electron chi connectivity index (χ2n) is 3.94. The molecule has 0 spiro atoms. The summed E-state index contributed by atoms with van der Waals surface area (Å²) in [4.78, 5) is 4.31. The lowest BCUT2D eigenvalue weighted by Gasteiger charge is -2.15. The average Bonchev–Trinajstić information content (AvgIpc) is 2.77. The Labute approximate surface area is 96.1 Å². The van der Waals surface area contributed by atoms with Crippen LogP contribution in [0, 0.1) is 5.92 Å². The Morgan fingerprint density at radius 3 is 2.87 bits per heavy atom. The molecule has 0 aliphatic carbocycles. The summed E-state index contributed by atoms with van der Waals surface area (Å²) in [7, 11) is 0. The largest absolute Gasteiger partial charge is 0.330 e. The molecule has 0 aliphatic rings. The van der Waals surface area contributed by atoms with E-state index in [9.17, 15) is 0 Å². The average molecular weight is 227 g/mol. The highest BCUT2D eigenvalue weighted by Crippen LogP contribution is 2.16. The molecule has 0 aromatic carbocycles. The van der Waals surface area contributed by atoms with E-state index in [2.05, 4.69) is 24.1 Å². The fourth-order valence-electron chi connectivity index (χ4n) is 1.46. The third kappa shape index (κ3) is 4.28. The minimum atomic E-state index is 0.500. The Morgan fingerprint density at radius 2 is 2.33 bits per heavy atom. The Balaban J connectivity index is 2.20. The van der Waals surface area contributed by atoms with E-state index in [0.29, 0.717) is 11.8 Å². The number of hydrogen-bond donors (Lipinski definition) is 2. The number of rotatable bonds is 7. The van der Waals surface area contributed by atoms with E-state index in [1.54, 1.807) is 11.3 Å². The van der Waals surface area contributed by atoms with E-state index in [1.807, 2.05) is 11.6 Å². The van der Waals surface area contributed by atoms with Crippen molar-refractivity contribution < 1.29 is 0 Å². The molecule has 3 nitrogen and oxygen atoms in total. The van der Waals surface area contributed by atoms with Gasteiger partial charge in [0.2, 0.25) is 0 Å². The fourth-order valence-corrected chi connectivity index (χ4v) is 2.16. The number of nitrogens with two attached hydrogens (primary N) is 1. The zero-order valence-electron chi connectivity index (χ0n) is 9.57. The van der Waals surface area contributed by atoms with Crippen molar-refractivity contribution >= 4 is 11.3 Å². The van der Waals surface area contributed by atoms with E-state index in [-0.39, 0.29) is 0 Å². The third-order valence-electron chi connectivity index (χ3n) is 2.67. The Morgan fingerprint density at radius 1 is 1.53 bits per heavy atom. The summed E-state index contributed by atoms with van der Waals surface area (Å²) in [5.41, 5.74) is 5.64. The van der Waals surface area contributed by atoms with Gasteiger partial charge >= 0.3 is 0 Å². The summed E-state index contributed by atoms with van der Waals surface area (Å²) in [6, 6.07) is 0. The van der Waals surface area contributed by atoms with Crippen LogP contribution in [0.25, 0.3) is 0 Å². The summed E-state index contributed by atoms with van der Waals surface area (Å²) >= 11 is 1.73. The Kier molecular flexibility index (Phi) is 5.83. The standard InChI is InChI=1S/C11H21N3S/c1-3-10(6-12)8-13-7-9(2)11-14-4-5-15-11/h4-5,9-10,13H,3,6-8,12H2,1-2H3. The van der Waals surface area contributed by atoms with Crippen molar-refractivity contribution in [2.45, 2.75) is 26.2 Å². The molecule has 0 bridgehead atoms. The summed E-state index contributed by atoms with van der Waals surface area (Å²) < 4.78 is 0. The maximum atomic E-state index is 5.64. The van der Waals surface area contributed by atoms with Crippen molar-refractivity contribution in [2.24, 2.45) is 11.7 Å². The number of aromatic nitrogens is 1. The van der Waals surface area contributed by atoms with Crippen LogP contribution in [0.3, 0.4) is 0 Å². The second kappa shape index (κ2) is 6.93. The maximum absolute atomic E-state index is 5.64. The number of nitrogens with zero attached hydrogens (tertiary/aromatic N) is 1. The summed E-state index contributed by atoms with van der Waals surface area (Å²) in [6.07, 6.45) is 3.01. The van der Waals surface area contributed by atoms with Gasteiger partial charge in [0, 0.05) is 24.0 Å². The van der Waals surface area contributed by atoms with E-state index in [1.165, 1.54) is 5.01 Å². The molecule has 1 aromatic rings. The molecular formula is C11H21N3S. The quantitative estimate of drug-likeness (QED) is 0.747. The predicted octanol–water partition coefficient (Wildman–Crippen LogP) is 1.82. The zero-order valence-corrected chi connectivity index (χ0v) is 10.4. The molecule has 1 aromatic heterocycles. The highest BCUT2D eigenvalue weighted by Gasteiger charge is 2.08. The molecule has 2 atom stereocenters. The monoisotopic (exact) mass is 227 g/mol. The van der Waals surface area contributed by atoms with Crippen LogP contribution >= 0.6 is 11.3 Å². The van der Waals surface area contributed by atoms with E-state index < -0.39 is 0 Å². The minimum absolute atomic E-state index is 0.500. The molecule has 3 N–H and O–H groups in total. The first-order valence-corrected chi connectivity index (χ1v) is 6.46. The Bertz CT molecular complexity index is 244. The van der Waals surface area contributed by atoms with Gasteiger partial charge in [0.05, 0.1) is 5.01 Å². The second-order valence-corrected chi connectivity index (χ2v) is 4.87. The van der Waals surface area contributed by atoms with Crippen molar-refractivity contribution in [3.63, 3.8) is 0 Å². The van der Waals surface area contributed by atoms with E-state index in [0.717, 1.165) is 26.1 Å². The van der Waals surface area contributed by atoms with Crippen LogP contribution in [0.15, 0.2) is 11.6 Å². The third-order valence-corrected chi connectivity index (χ3v) is 3.67. The lowest BCUT2D eigenvalue weighted by atomic mass is 10.1. The normalized spacial score (nSPS) is 15.1. The molecule has 15 heavy (non-hydrogen) atoms. The highest BCUT2D eigenvalue weighted by molar-refractivity contribution is 7.09. The molecule has 4 heteroatoms. The van der Waals surface area contributed by atoms with Gasteiger partial charge in [-0.15, -0.1) is 11.3 Å². The number of hydrogen-bond acceptors (Lipinski definition) is 4. The first kappa shape index (κ1) is 12.6. The molecule has 1 heterocycles. The van der Waals surface area contributed by atoms with Gasteiger partial charge < -0.3 is 11.1 Å². The summed E-state index contributed by atoms with van der Waals surface area (Å²) in [5, 5.41) is 6.70. The van der Waals surface area contributed by atoms with Gasteiger partial charge in [0.15, 0.2) is 0 Å². The molecule has 2 unspecified atom stereocenters. The summed E-state index contributed by atoms with van der Waals surface area (Å²) in [6.45, 7) is 7.17. The molecule has 0 amide bonds. The SMILES string of the molecule is CCC(CN)CNCC(C)c1nccs1. The molecule has 0 fully saturated rings. The van der Waals surface area contributed by atoms with Crippen LogP contribution in [-0.2, 0) is 0 Å². The molecule has 0 radical (unpaired) electrons. The highest BCUT2D eigenvalue weighted by atomic mass is 32.1. The van der Waals surface area contributed by atoms with Crippen molar-refractivity contribution in [1.29, 1.82) is 0 Å². The first-order valence-electron chi connectivity index (χ1n) is 5.58. The molecule has 1 rings (SSSR count). The first-order chi connectivity index (χ1) is 7.27. The van der Waals surface area contributed by atoms with Crippen molar-refractivity contribution in [3.05, 3.63) is 16.6 Å². The van der Waals surface area contributed by atoms with Gasteiger partial charge in [-0.25, -0.2) is 4.98 Å². The van der Waals surface area contributed by atoms with Gasteiger partial charge in [-0.1, -0.05) is 20.3 Å². The number of nitrogens with one attached hydrogen (secondary N) is 1.